The van der Waals surface area contributed by atoms with E-state index in [0.717, 1.165) is 6.42 Å². The Labute approximate surface area is 63.8 Å². The molecule has 0 saturated heterocycles. The molecule has 0 aromatic carbocycles. The lowest BCUT2D eigenvalue weighted by atomic mass is 10.0. The van der Waals surface area contributed by atoms with Gasteiger partial charge in [-0.1, -0.05) is 33.1 Å². The van der Waals surface area contributed by atoms with Crippen molar-refractivity contribution in [2.45, 2.75) is 46.5 Å². The summed E-state index contributed by atoms with van der Waals surface area (Å²) in [7, 11) is 0. The highest BCUT2D eigenvalue weighted by Crippen LogP contribution is 2.09. The number of carbonyl (C=O) groups excluding carboxylic acids is 1. The molecule has 0 aliphatic carbocycles. The Kier molecular flexibility index (Phi) is 5.27. The zero-order chi connectivity index (χ0) is 7.98. The van der Waals surface area contributed by atoms with Gasteiger partial charge in [-0.25, -0.2) is 0 Å². The zero-order valence-electron chi connectivity index (χ0n) is 7.31. The zero-order valence-corrected chi connectivity index (χ0v) is 7.31. The highest BCUT2D eigenvalue weighted by Gasteiger charge is 2.05. The van der Waals surface area contributed by atoms with Gasteiger partial charge in [0.2, 0.25) is 0 Å². The second-order valence-electron chi connectivity index (χ2n) is 3.01. The summed E-state index contributed by atoms with van der Waals surface area (Å²) >= 11 is 0. The molecular formula is C9H18O. The molecule has 0 aromatic rings. The molecule has 1 atom stereocenters. The van der Waals surface area contributed by atoms with Crippen molar-refractivity contribution in [2.24, 2.45) is 5.92 Å². The number of rotatable bonds is 5. The van der Waals surface area contributed by atoms with Crippen molar-refractivity contribution in [3.63, 3.8) is 0 Å². The topological polar surface area (TPSA) is 17.1 Å². The van der Waals surface area contributed by atoms with Gasteiger partial charge >= 0.3 is 0 Å². The largest absolute Gasteiger partial charge is 0.300 e. The van der Waals surface area contributed by atoms with Crippen LogP contribution in [0.15, 0.2) is 0 Å². The van der Waals surface area contributed by atoms with Crippen LogP contribution in [0.2, 0.25) is 0 Å². The van der Waals surface area contributed by atoms with Gasteiger partial charge in [-0.3, -0.25) is 4.79 Å². The predicted octanol–water partition coefficient (Wildman–Crippen LogP) is 2.79. The molecule has 60 valence electrons. The summed E-state index contributed by atoms with van der Waals surface area (Å²) in [6.45, 7) is 5.87. The molecule has 0 unspecified atom stereocenters. The molecule has 0 saturated carbocycles. The fraction of sp³-hybridized carbons (Fsp3) is 0.889. The normalized spacial score (nSPS) is 13.1. The van der Waals surface area contributed by atoms with Gasteiger partial charge in [0, 0.05) is 5.92 Å². The van der Waals surface area contributed by atoms with E-state index in [2.05, 4.69) is 6.92 Å². The second-order valence-corrected chi connectivity index (χ2v) is 3.01. The van der Waals surface area contributed by atoms with Crippen molar-refractivity contribution in [3.05, 3.63) is 0 Å². The molecule has 0 amide bonds. The molecule has 0 bridgehead atoms. The molecule has 0 radical (unpaired) electrons. The van der Waals surface area contributed by atoms with E-state index in [1.54, 1.807) is 6.92 Å². The molecule has 0 rings (SSSR count). The molecule has 10 heavy (non-hydrogen) atoms. The van der Waals surface area contributed by atoms with Gasteiger partial charge in [-0.05, 0) is 13.3 Å². The molecule has 1 nitrogen and oxygen atoms in total. The summed E-state index contributed by atoms with van der Waals surface area (Å²) in [4.78, 5) is 10.7. The van der Waals surface area contributed by atoms with Gasteiger partial charge in [0.1, 0.15) is 5.78 Å². The maximum atomic E-state index is 10.7. The molecule has 0 heterocycles. The number of Topliss-reactive ketones (excluding diaryl/α,β-unsaturated/α-hetero) is 1. The number of hydrogen-bond donors (Lipinski definition) is 0. The smallest absolute Gasteiger partial charge is 0.132 e. The van der Waals surface area contributed by atoms with E-state index >= 15 is 0 Å². The van der Waals surface area contributed by atoms with Crippen LogP contribution in [0.5, 0.6) is 0 Å². The van der Waals surface area contributed by atoms with Gasteiger partial charge < -0.3 is 0 Å². The van der Waals surface area contributed by atoms with Gasteiger partial charge in [0.25, 0.3) is 0 Å². The number of ketones is 1. The Morgan fingerprint density at radius 3 is 2.40 bits per heavy atom. The Balaban J connectivity index is 3.21. The molecular weight excluding hydrogens is 124 g/mol. The molecule has 0 aliphatic heterocycles. The Hall–Kier alpha value is -0.330. The summed E-state index contributed by atoms with van der Waals surface area (Å²) in [6.07, 6.45) is 4.78. The quantitative estimate of drug-likeness (QED) is 0.539. The fourth-order valence-corrected chi connectivity index (χ4v) is 0.904. The summed E-state index contributed by atoms with van der Waals surface area (Å²) < 4.78 is 0. The van der Waals surface area contributed by atoms with Crippen LogP contribution in [0.4, 0.5) is 0 Å². The lowest BCUT2D eigenvalue weighted by Crippen LogP contribution is -2.05. The third-order valence-corrected chi connectivity index (χ3v) is 1.93. The van der Waals surface area contributed by atoms with Crippen LogP contribution < -0.4 is 0 Å². The van der Waals surface area contributed by atoms with Crippen LogP contribution in [0.1, 0.15) is 46.5 Å². The molecule has 0 aliphatic rings. The first-order chi connectivity index (χ1) is 4.68. The Morgan fingerprint density at radius 2 is 2.00 bits per heavy atom. The van der Waals surface area contributed by atoms with Crippen LogP contribution >= 0.6 is 0 Å². The number of unbranched alkanes of at least 4 members (excludes halogenated alkanes) is 2. The lowest BCUT2D eigenvalue weighted by Gasteiger charge is -2.04. The molecule has 1 heteroatoms. The van der Waals surface area contributed by atoms with Crippen molar-refractivity contribution in [1.82, 2.24) is 0 Å². The minimum atomic E-state index is 0.284. The van der Waals surface area contributed by atoms with Gasteiger partial charge in [0.15, 0.2) is 0 Å². The third kappa shape index (κ3) is 4.54. The van der Waals surface area contributed by atoms with Crippen molar-refractivity contribution >= 4 is 5.78 Å². The summed E-state index contributed by atoms with van der Waals surface area (Å²) in [5.74, 6) is 0.614. The van der Waals surface area contributed by atoms with E-state index < -0.39 is 0 Å². The first-order valence-corrected chi connectivity index (χ1v) is 4.19. The molecule has 0 fully saturated rings. The maximum absolute atomic E-state index is 10.7. The maximum Gasteiger partial charge on any atom is 0.132 e. The standard InChI is InChI=1S/C9H18O/c1-4-5-6-7-8(2)9(3)10/h8H,4-7H2,1-3H3/t8-/m1/s1. The predicted molar refractivity (Wildman–Crippen MR) is 44.0 cm³/mol. The molecule has 0 spiro atoms. The highest BCUT2D eigenvalue weighted by molar-refractivity contribution is 5.77. The molecule has 0 aromatic heterocycles. The van der Waals surface area contributed by atoms with Crippen LogP contribution in [-0.4, -0.2) is 5.78 Å². The van der Waals surface area contributed by atoms with Crippen molar-refractivity contribution in [3.8, 4) is 0 Å². The fourth-order valence-electron chi connectivity index (χ4n) is 0.904. The van der Waals surface area contributed by atoms with E-state index in [1.807, 2.05) is 6.92 Å². The van der Waals surface area contributed by atoms with Crippen LogP contribution in [0.3, 0.4) is 0 Å². The monoisotopic (exact) mass is 142 g/mol. The number of hydrogen-bond acceptors (Lipinski definition) is 1. The first-order valence-electron chi connectivity index (χ1n) is 4.19. The average Bonchev–Trinajstić information content (AvgIpc) is 1.88. The Bertz CT molecular complexity index is 96.9. The van der Waals surface area contributed by atoms with Crippen LogP contribution in [-0.2, 0) is 4.79 Å². The van der Waals surface area contributed by atoms with Crippen molar-refractivity contribution in [1.29, 1.82) is 0 Å². The minimum Gasteiger partial charge on any atom is -0.300 e. The summed E-state index contributed by atoms with van der Waals surface area (Å²) in [5, 5.41) is 0. The SMILES string of the molecule is CCCCC[C@@H](C)C(C)=O. The van der Waals surface area contributed by atoms with Gasteiger partial charge in [0.05, 0.1) is 0 Å². The second kappa shape index (κ2) is 5.45. The van der Waals surface area contributed by atoms with E-state index in [0.29, 0.717) is 5.78 Å². The highest BCUT2D eigenvalue weighted by atomic mass is 16.1. The summed E-state index contributed by atoms with van der Waals surface area (Å²) in [5.41, 5.74) is 0. The van der Waals surface area contributed by atoms with Crippen molar-refractivity contribution < 1.29 is 4.79 Å². The lowest BCUT2D eigenvalue weighted by molar-refractivity contribution is -0.120. The number of carbonyl (C=O) groups is 1. The van der Waals surface area contributed by atoms with Crippen LogP contribution in [0.25, 0.3) is 0 Å². The van der Waals surface area contributed by atoms with E-state index in [-0.39, 0.29) is 5.92 Å². The van der Waals surface area contributed by atoms with E-state index in [9.17, 15) is 4.79 Å². The third-order valence-electron chi connectivity index (χ3n) is 1.93. The average molecular weight is 142 g/mol. The summed E-state index contributed by atoms with van der Waals surface area (Å²) in [6, 6.07) is 0. The van der Waals surface area contributed by atoms with Gasteiger partial charge in [-0.15, -0.1) is 0 Å². The molecule has 0 N–H and O–H groups in total. The first kappa shape index (κ1) is 9.67. The van der Waals surface area contributed by atoms with Crippen LogP contribution in [0, 0.1) is 5.92 Å². The van der Waals surface area contributed by atoms with E-state index in [1.165, 1.54) is 19.3 Å². The minimum absolute atomic E-state index is 0.284. The van der Waals surface area contributed by atoms with Gasteiger partial charge in [-0.2, -0.15) is 0 Å². The van der Waals surface area contributed by atoms with Crippen molar-refractivity contribution in [2.75, 3.05) is 0 Å². The Morgan fingerprint density at radius 1 is 1.40 bits per heavy atom. The van der Waals surface area contributed by atoms with E-state index in [4.69, 9.17) is 0 Å².